The number of carbonyl (C=O) groups is 10. The predicted molar refractivity (Wildman–Crippen MR) is 572 cm³/mol. The number of nitrogens with zero attached hydrogens (tertiary/aromatic N) is 12. The Morgan fingerprint density at radius 1 is 0.162 bits per heavy atom. The van der Waals surface area contributed by atoms with Gasteiger partial charge in [-0.05, 0) is 287 Å². The summed E-state index contributed by atoms with van der Waals surface area (Å²) in [7, 11) is 4.26. The fourth-order valence-corrected chi connectivity index (χ4v) is 18.9. The van der Waals surface area contributed by atoms with Gasteiger partial charge in [0.25, 0.3) is 0 Å². The topological polar surface area (TPSA) is 210 Å². The van der Waals surface area contributed by atoms with Gasteiger partial charge in [0.1, 0.15) is 34.7 Å². The number of hydrogen-bond donors (Lipinski definition) is 0. The second-order valence-corrected chi connectivity index (χ2v) is 46.1. The molecule has 10 aliphatic rings. The molecular weight excluding hydrogens is 1700 g/mol. The average Bonchev–Trinajstić information content (AvgIpc) is 0.920. The van der Waals surface area contributed by atoms with E-state index in [1.54, 1.807) is 0 Å². The highest BCUT2D eigenvalue weighted by Gasteiger charge is 2.25. The van der Waals surface area contributed by atoms with Gasteiger partial charge < -0.3 is 58.8 Å². The molecule has 0 N–H and O–H groups in total. The minimum absolute atomic E-state index is 0.322. The molecule has 0 aromatic heterocycles. The maximum Gasteiger partial charge on any atom is 0.222 e. The van der Waals surface area contributed by atoms with Crippen LogP contribution >= 0.6 is 0 Å². The Labute approximate surface area is 838 Å². The van der Waals surface area contributed by atoms with Crippen molar-refractivity contribution in [3.63, 3.8) is 0 Å². The average molecular weight is 1920 g/mol. The van der Waals surface area contributed by atoms with Crippen LogP contribution in [-0.2, 0) is 47.9 Å². The van der Waals surface area contributed by atoms with E-state index in [0.29, 0.717) is 124 Å². The molecule has 0 bridgehead atoms. The molecule has 136 heavy (non-hydrogen) atoms. The zero-order valence-electron chi connectivity index (χ0n) is 93.1. The number of amides is 4. The lowest BCUT2D eigenvalue weighted by Gasteiger charge is -2.32. The van der Waals surface area contributed by atoms with Gasteiger partial charge in [0.2, 0.25) is 23.6 Å². The van der Waals surface area contributed by atoms with Crippen molar-refractivity contribution in [3.8, 4) is 0 Å². The van der Waals surface area contributed by atoms with Crippen LogP contribution in [0.5, 0.6) is 0 Å². The molecule has 0 aromatic carbocycles. The molecule has 10 heterocycles. The Balaban J connectivity index is 0.000000756. The first-order valence-electron chi connectivity index (χ1n) is 56.6. The Morgan fingerprint density at radius 3 is 0.493 bits per heavy atom. The number of piperazine rings is 2. The van der Waals surface area contributed by atoms with Gasteiger partial charge in [-0.3, -0.25) is 47.9 Å². The summed E-state index contributed by atoms with van der Waals surface area (Å²) in [6.45, 7) is 74.8. The van der Waals surface area contributed by atoms with Crippen molar-refractivity contribution in [1.29, 1.82) is 0 Å². The molecule has 0 aliphatic carbocycles. The van der Waals surface area contributed by atoms with Crippen molar-refractivity contribution in [2.24, 2.45) is 59.2 Å². The van der Waals surface area contributed by atoms with Gasteiger partial charge in [-0.15, -0.1) is 0 Å². The SMILES string of the molecule is CC(C)CC(=O)CCCN1CCCCC1.CC(C)CC(=O)CCCN1CCCCC1.CC(C)CC(=O)CCN1CCCCC1.CC(C)CC(=O)CCN1CCCCC1.CC(C)CC(=O)CCN1CCCCC1.CC(C)CC(=O)CCN1CCN(C)CC1.CC(C)CC(=O)N1CCCCC1.CC(C)CC(=O)N1CCCCC1.CC(C)CC(=O)N1CCCCC1.CC(C)CC(=O)N1CCN(C)CC1. The molecule has 10 aliphatic heterocycles. The van der Waals surface area contributed by atoms with E-state index in [2.05, 4.69) is 192 Å². The summed E-state index contributed by atoms with van der Waals surface area (Å²) in [5, 5.41) is 0. The van der Waals surface area contributed by atoms with Crippen molar-refractivity contribution in [3.05, 3.63) is 0 Å². The fourth-order valence-electron chi connectivity index (χ4n) is 18.9. The number of likely N-dealkylation sites (N-methyl/N-ethyl adjacent to an activating group) is 2. The van der Waals surface area contributed by atoms with Crippen LogP contribution in [0.1, 0.15) is 408 Å². The Bertz CT molecular complexity index is 2780. The van der Waals surface area contributed by atoms with E-state index in [0.717, 1.165) is 240 Å². The van der Waals surface area contributed by atoms with E-state index in [9.17, 15) is 47.9 Å². The summed E-state index contributed by atoms with van der Waals surface area (Å²) in [5.41, 5.74) is 0. The van der Waals surface area contributed by atoms with Crippen LogP contribution in [0.15, 0.2) is 0 Å². The third kappa shape index (κ3) is 76.3. The molecule has 0 unspecified atom stereocenters. The first-order valence-corrected chi connectivity index (χ1v) is 56.6. The second-order valence-electron chi connectivity index (χ2n) is 46.1. The minimum Gasteiger partial charge on any atom is -0.343 e. The lowest BCUT2D eigenvalue weighted by atomic mass is 10.0. The second kappa shape index (κ2) is 81.9. The Hall–Kier alpha value is -4.42. The summed E-state index contributed by atoms with van der Waals surface area (Å²) in [6.07, 6.45) is 45.4. The number of Topliss-reactive ketones (excluding diaryl/α,β-unsaturated/α-hetero) is 6. The molecule has 0 spiro atoms. The maximum absolute atomic E-state index is 11.6. The molecular formula is C114H220N12O10. The van der Waals surface area contributed by atoms with Gasteiger partial charge in [0.05, 0.1) is 0 Å². The van der Waals surface area contributed by atoms with Crippen LogP contribution in [0.4, 0.5) is 0 Å². The van der Waals surface area contributed by atoms with Crippen LogP contribution < -0.4 is 0 Å². The van der Waals surface area contributed by atoms with E-state index in [1.165, 1.54) is 220 Å². The highest BCUT2D eigenvalue weighted by molar-refractivity contribution is 5.81. The zero-order chi connectivity index (χ0) is 101. The van der Waals surface area contributed by atoms with Gasteiger partial charge in [-0.25, -0.2) is 0 Å². The van der Waals surface area contributed by atoms with Gasteiger partial charge in [0, 0.05) is 221 Å². The van der Waals surface area contributed by atoms with Crippen molar-refractivity contribution in [1.82, 2.24) is 58.8 Å². The van der Waals surface area contributed by atoms with E-state index >= 15 is 0 Å². The first-order chi connectivity index (χ1) is 64.7. The fraction of sp³-hybridized carbons (Fsp3) is 0.912. The van der Waals surface area contributed by atoms with Crippen LogP contribution in [0.3, 0.4) is 0 Å². The number of carbonyl (C=O) groups excluding carboxylic acids is 10. The molecule has 22 heteroatoms. The van der Waals surface area contributed by atoms with E-state index in [4.69, 9.17) is 0 Å². The van der Waals surface area contributed by atoms with Gasteiger partial charge in [-0.2, -0.15) is 0 Å². The first kappa shape index (κ1) is 130. The van der Waals surface area contributed by atoms with Crippen LogP contribution in [0.25, 0.3) is 0 Å². The summed E-state index contributed by atoms with van der Waals surface area (Å²) in [4.78, 5) is 142. The molecule has 0 atom stereocenters. The Morgan fingerprint density at radius 2 is 0.309 bits per heavy atom. The molecule has 0 saturated carbocycles. The van der Waals surface area contributed by atoms with Gasteiger partial charge in [-0.1, -0.05) is 171 Å². The smallest absolute Gasteiger partial charge is 0.222 e. The largest absolute Gasteiger partial charge is 0.343 e. The van der Waals surface area contributed by atoms with Crippen LogP contribution in [-0.4, -0.2) is 328 Å². The number of rotatable bonds is 40. The summed E-state index contributed by atoms with van der Waals surface area (Å²) < 4.78 is 0. The molecule has 10 rings (SSSR count). The lowest BCUT2D eigenvalue weighted by Crippen LogP contribution is -2.47. The van der Waals surface area contributed by atoms with E-state index in [1.807, 2.05) is 19.6 Å². The van der Waals surface area contributed by atoms with Gasteiger partial charge >= 0.3 is 0 Å². The Kier molecular flexibility index (Phi) is 78.1. The van der Waals surface area contributed by atoms with Crippen molar-refractivity contribution >= 4 is 58.3 Å². The minimum atomic E-state index is 0.322. The molecule has 796 valence electrons. The summed E-state index contributed by atoms with van der Waals surface area (Å²) >= 11 is 0. The maximum atomic E-state index is 11.6. The lowest BCUT2D eigenvalue weighted by molar-refractivity contribution is -0.134. The van der Waals surface area contributed by atoms with Crippen molar-refractivity contribution in [2.45, 2.75) is 408 Å². The molecule has 22 nitrogen and oxygen atoms in total. The molecule has 10 saturated heterocycles. The molecule has 4 amide bonds. The van der Waals surface area contributed by atoms with Crippen LogP contribution in [0.2, 0.25) is 0 Å². The van der Waals surface area contributed by atoms with Crippen molar-refractivity contribution in [2.75, 3.05) is 210 Å². The molecule has 0 radical (unpaired) electrons. The third-order valence-corrected chi connectivity index (χ3v) is 26.7. The van der Waals surface area contributed by atoms with Gasteiger partial charge in [0.15, 0.2) is 0 Å². The zero-order valence-corrected chi connectivity index (χ0v) is 93.1. The molecule has 0 aromatic rings. The summed E-state index contributed by atoms with van der Waals surface area (Å²) in [5.74, 6) is 9.07. The number of piperidine rings is 8. The van der Waals surface area contributed by atoms with E-state index < -0.39 is 0 Å². The normalized spacial score (nSPS) is 18.8. The van der Waals surface area contributed by atoms with Crippen LogP contribution in [0, 0.1) is 59.2 Å². The molecule has 10 fully saturated rings. The number of ketones is 6. The summed E-state index contributed by atoms with van der Waals surface area (Å²) in [6, 6.07) is 0. The number of hydrogen-bond acceptors (Lipinski definition) is 18. The third-order valence-electron chi connectivity index (χ3n) is 26.7. The van der Waals surface area contributed by atoms with Crippen molar-refractivity contribution < 1.29 is 47.9 Å². The standard InChI is InChI=1S/2C13H25NO.C12H24N2O.3C12H23NO.C10H20N2O.3C10H19NO/c2*1-12(2)11-13(15)7-6-10-14-8-4-3-5-9-14;1-11(2)10-12(15)4-5-14-8-6-13(3)7-9-14;3*1-11(2)10-12(14)6-9-13-7-4-3-5-8-13;1-9(2)8-10(13)12-6-4-11(3)5-7-12;3*1-9(2)8-10(12)11-6-4-3-5-7-11/h2*12H,3-11H2,1-2H3;11H,4-10H2,1-3H3;3*11H,3-10H2,1-2H3;9H,4-8H2,1-3H3;3*9H,3-8H2,1-2H3. The predicted octanol–water partition coefficient (Wildman–Crippen LogP) is 21.3. The number of likely N-dealkylation sites (tertiary alicyclic amines) is 8. The highest BCUT2D eigenvalue weighted by Crippen LogP contribution is 2.21. The van der Waals surface area contributed by atoms with E-state index in [-0.39, 0.29) is 0 Å². The highest BCUT2D eigenvalue weighted by atomic mass is 16.2. The monoisotopic (exact) mass is 1920 g/mol. The quantitative estimate of drug-likeness (QED) is 0.0558.